The van der Waals surface area contributed by atoms with Crippen LogP contribution in [-0.2, 0) is 0 Å². The number of rotatable bonds is 6. The first kappa shape index (κ1) is 22.5. The van der Waals surface area contributed by atoms with Crippen LogP contribution in [0.25, 0.3) is 0 Å². The van der Waals surface area contributed by atoms with Crippen LogP contribution in [0.2, 0.25) is 0 Å². The second kappa shape index (κ2) is 9.49. The van der Waals surface area contributed by atoms with Crippen molar-refractivity contribution in [1.82, 2.24) is 10.0 Å². The molecule has 0 saturated carbocycles. The number of aromatic nitrogens is 1. The Labute approximate surface area is 202 Å². The molecule has 0 unspecified atom stereocenters. The van der Waals surface area contributed by atoms with Crippen molar-refractivity contribution in [3.63, 3.8) is 0 Å². The van der Waals surface area contributed by atoms with E-state index in [1.807, 2.05) is 36.4 Å². The third-order valence-electron chi connectivity index (χ3n) is 6.34. The van der Waals surface area contributed by atoms with Gasteiger partial charge in [-0.2, -0.15) is 5.06 Å². The molecule has 178 valence electrons. The molecule has 2 aromatic carbocycles. The molecule has 0 bridgehead atoms. The SMILES string of the molecule is Nc1cc(C(=O)c2sc(Nc3ccc(N4CCN(O)CC4)cc3)nc2N)ccc1N1CCCC1. The van der Waals surface area contributed by atoms with Gasteiger partial charge in [0.25, 0.3) is 0 Å². The first-order valence-electron chi connectivity index (χ1n) is 11.5. The lowest BCUT2D eigenvalue weighted by molar-refractivity contribution is -0.0935. The summed E-state index contributed by atoms with van der Waals surface area (Å²) in [6.07, 6.45) is 2.33. The smallest absolute Gasteiger partial charge is 0.206 e. The van der Waals surface area contributed by atoms with Crippen LogP contribution in [0, 0.1) is 0 Å². The zero-order valence-electron chi connectivity index (χ0n) is 18.9. The largest absolute Gasteiger partial charge is 0.397 e. The molecular weight excluding hydrogens is 450 g/mol. The van der Waals surface area contributed by atoms with Crippen LogP contribution in [0.4, 0.5) is 33.7 Å². The summed E-state index contributed by atoms with van der Waals surface area (Å²) >= 11 is 1.23. The zero-order valence-corrected chi connectivity index (χ0v) is 19.7. The van der Waals surface area contributed by atoms with Gasteiger partial charge in [0.2, 0.25) is 5.78 Å². The Morgan fingerprint density at radius 1 is 0.941 bits per heavy atom. The monoisotopic (exact) mass is 479 g/mol. The summed E-state index contributed by atoms with van der Waals surface area (Å²) in [6, 6.07) is 13.5. The van der Waals surface area contributed by atoms with Crippen molar-refractivity contribution < 1.29 is 10.0 Å². The Bertz CT molecular complexity index is 1170. The number of anilines is 6. The van der Waals surface area contributed by atoms with E-state index in [1.165, 1.54) is 16.4 Å². The van der Waals surface area contributed by atoms with Crippen LogP contribution >= 0.6 is 11.3 Å². The number of hydrogen-bond acceptors (Lipinski definition) is 10. The number of carbonyl (C=O) groups is 1. The van der Waals surface area contributed by atoms with Crippen LogP contribution in [0.15, 0.2) is 42.5 Å². The van der Waals surface area contributed by atoms with Gasteiger partial charge in [-0.1, -0.05) is 11.3 Å². The molecule has 2 fully saturated rings. The molecule has 0 amide bonds. The number of hydroxylamine groups is 2. The number of piperazine rings is 1. The van der Waals surface area contributed by atoms with E-state index in [4.69, 9.17) is 11.5 Å². The molecular formula is C24H29N7O2S. The second-order valence-electron chi connectivity index (χ2n) is 8.64. The Kier molecular flexibility index (Phi) is 6.27. The maximum Gasteiger partial charge on any atom is 0.206 e. The molecule has 0 spiro atoms. The Balaban J connectivity index is 1.27. The van der Waals surface area contributed by atoms with Crippen LogP contribution in [0.1, 0.15) is 28.1 Å². The molecule has 2 aliphatic rings. The van der Waals surface area contributed by atoms with Crippen molar-refractivity contribution in [1.29, 1.82) is 0 Å². The average Bonchev–Trinajstić information content (AvgIpc) is 3.49. The van der Waals surface area contributed by atoms with Crippen molar-refractivity contribution in [3.05, 3.63) is 52.9 Å². The summed E-state index contributed by atoms with van der Waals surface area (Å²) in [5.41, 5.74) is 16.4. The number of nitrogen functional groups attached to an aromatic ring is 2. The third kappa shape index (κ3) is 4.65. The molecule has 9 nitrogen and oxygen atoms in total. The molecule has 2 aliphatic heterocycles. The fourth-order valence-electron chi connectivity index (χ4n) is 4.45. The Morgan fingerprint density at radius 3 is 2.32 bits per heavy atom. The molecule has 2 saturated heterocycles. The maximum atomic E-state index is 13.1. The molecule has 0 atom stereocenters. The summed E-state index contributed by atoms with van der Waals surface area (Å²) in [5, 5.41) is 14.7. The number of hydrogen-bond donors (Lipinski definition) is 4. The van der Waals surface area contributed by atoms with Crippen LogP contribution in [-0.4, -0.2) is 60.3 Å². The molecule has 1 aromatic heterocycles. The number of nitrogens with zero attached hydrogens (tertiary/aromatic N) is 4. The number of carbonyl (C=O) groups excluding carboxylic acids is 1. The molecule has 0 aliphatic carbocycles. The summed E-state index contributed by atoms with van der Waals surface area (Å²) in [4.78, 5) is 22.4. The van der Waals surface area contributed by atoms with Gasteiger partial charge in [0.05, 0.1) is 11.4 Å². The van der Waals surface area contributed by atoms with Gasteiger partial charge in [0.1, 0.15) is 10.7 Å². The van der Waals surface area contributed by atoms with E-state index in [-0.39, 0.29) is 11.6 Å². The fourth-order valence-corrected chi connectivity index (χ4v) is 5.32. The quantitative estimate of drug-likeness (QED) is 0.311. The number of nitrogens with two attached hydrogens (primary N) is 2. The van der Waals surface area contributed by atoms with Crippen molar-refractivity contribution in [3.8, 4) is 0 Å². The highest BCUT2D eigenvalue weighted by Crippen LogP contribution is 2.33. The number of thiazole rings is 1. The van der Waals surface area contributed by atoms with E-state index >= 15 is 0 Å². The lowest BCUT2D eigenvalue weighted by atomic mass is 10.1. The van der Waals surface area contributed by atoms with Gasteiger partial charge in [-0.15, -0.1) is 0 Å². The average molecular weight is 480 g/mol. The van der Waals surface area contributed by atoms with Crippen molar-refractivity contribution in [2.75, 3.05) is 65.9 Å². The lowest BCUT2D eigenvalue weighted by Gasteiger charge is -2.32. The predicted molar refractivity (Wildman–Crippen MR) is 138 cm³/mol. The Hall–Kier alpha value is -3.34. The van der Waals surface area contributed by atoms with E-state index in [1.54, 1.807) is 6.07 Å². The van der Waals surface area contributed by atoms with Gasteiger partial charge in [0.15, 0.2) is 5.13 Å². The van der Waals surface area contributed by atoms with Gasteiger partial charge in [-0.3, -0.25) is 4.79 Å². The van der Waals surface area contributed by atoms with Crippen molar-refractivity contribution >= 4 is 50.8 Å². The molecule has 10 heteroatoms. The predicted octanol–water partition coefficient (Wildman–Crippen LogP) is 3.39. The van der Waals surface area contributed by atoms with Gasteiger partial charge in [-0.05, 0) is 55.3 Å². The number of benzene rings is 2. The third-order valence-corrected chi connectivity index (χ3v) is 7.32. The maximum absolute atomic E-state index is 13.1. The summed E-state index contributed by atoms with van der Waals surface area (Å²) < 4.78 is 0. The minimum absolute atomic E-state index is 0.180. The van der Waals surface area contributed by atoms with E-state index in [0.717, 1.165) is 56.1 Å². The molecule has 34 heavy (non-hydrogen) atoms. The molecule has 3 heterocycles. The van der Waals surface area contributed by atoms with Gasteiger partial charge < -0.3 is 31.8 Å². The van der Waals surface area contributed by atoms with Crippen LogP contribution in [0.3, 0.4) is 0 Å². The van der Waals surface area contributed by atoms with E-state index in [2.05, 4.69) is 20.1 Å². The van der Waals surface area contributed by atoms with Crippen molar-refractivity contribution in [2.24, 2.45) is 0 Å². The van der Waals surface area contributed by atoms with Gasteiger partial charge in [-0.25, -0.2) is 4.98 Å². The summed E-state index contributed by atoms with van der Waals surface area (Å²) in [7, 11) is 0. The van der Waals surface area contributed by atoms with Crippen LogP contribution in [0.5, 0.6) is 0 Å². The van der Waals surface area contributed by atoms with Gasteiger partial charge >= 0.3 is 0 Å². The highest BCUT2D eigenvalue weighted by molar-refractivity contribution is 7.18. The second-order valence-corrected chi connectivity index (χ2v) is 9.64. The standard InChI is InChI=1S/C24H29N7O2S/c25-19-15-16(3-8-20(19)30-9-1-2-10-30)21(32)22-23(26)28-24(34-22)27-17-4-6-18(7-5-17)29-11-13-31(33)14-12-29/h3-8,15,33H,1-2,9-14,25-26H2,(H,27,28). The van der Waals surface area contributed by atoms with E-state index in [0.29, 0.717) is 34.3 Å². The van der Waals surface area contributed by atoms with E-state index < -0.39 is 0 Å². The summed E-state index contributed by atoms with van der Waals surface area (Å²) in [5.74, 6) is 0.0271. The molecule has 3 aromatic rings. The van der Waals surface area contributed by atoms with Crippen LogP contribution < -0.4 is 26.6 Å². The highest BCUT2D eigenvalue weighted by Gasteiger charge is 2.21. The minimum atomic E-state index is -0.180. The molecule has 5 rings (SSSR count). The van der Waals surface area contributed by atoms with Gasteiger partial charge in [0, 0.05) is 56.2 Å². The normalized spacial score (nSPS) is 16.7. The first-order valence-corrected chi connectivity index (χ1v) is 12.3. The lowest BCUT2D eigenvalue weighted by Crippen LogP contribution is -2.44. The first-order chi connectivity index (χ1) is 16.5. The highest BCUT2D eigenvalue weighted by atomic mass is 32.1. The zero-order chi connectivity index (χ0) is 23.7. The molecule has 6 N–H and O–H groups in total. The fraction of sp³-hybridized carbons (Fsp3) is 0.333. The number of nitrogens with one attached hydrogen (secondary N) is 1. The van der Waals surface area contributed by atoms with E-state index in [9.17, 15) is 10.0 Å². The molecule has 0 radical (unpaired) electrons. The minimum Gasteiger partial charge on any atom is -0.397 e. The number of ketones is 1. The topological polar surface area (TPSA) is 124 Å². The van der Waals surface area contributed by atoms with Crippen molar-refractivity contribution in [2.45, 2.75) is 12.8 Å². The Morgan fingerprint density at radius 2 is 1.65 bits per heavy atom. The summed E-state index contributed by atoms with van der Waals surface area (Å²) in [6.45, 7) is 4.80.